The zero-order chi connectivity index (χ0) is 15.7. The van der Waals surface area contributed by atoms with E-state index in [4.69, 9.17) is 4.74 Å². The van der Waals surface area contributed by atoms with Crippen LogP contribution in [0, 0.1) is 17.3 Å². The molecule has 5 heteroatoms. The van der Waals surface area contributed by atoms with Crippen molar-refractivity contribution in [3.8, 4) is 5.75 Å². The number of hydrogen-bond donors (Lipinski definition) is 1. The number of hydrogen-bond acceptors (Lipinski definition) is 3. The number of carbonyl (C=O) groups is 1. The molecule has 2 aliphatic rings. The molecule has 1 N–H and O–H groups in total. The first-order valence-electron chi connectivity index (χ1n) is 7.73. The number of benzene rings is 1. The lowest BCUT2D eigenvalue weighted by Crippen LogP contribution is -2.22. The molecule has 0 heterocycles. The summed E-state index contributed by atoms with van der Waals surface area (Å²) in [6.45, 7) is 2.24. The summed E-state index contributed by atoms with van der Waals surface area (Å²) in [5, 5.41) is 4.10. The fourth-order valence-electron chi connectivity index (χ4n) is 3.85. The molecular weight excluding hydrogens is 344 g/mol. The van der Waals surface area contributed by atoms with E-state index in [-0.39, 0.29) is 17.2 Å². The zero-order valence-corrected chi connectivity index (χ0v) is 14.5. The van der Waals surface area contributed by atoms with E-state index in [1.807, 2.05) is 18.2 Å². The molecule has 1 aromatic rings. The Morgan fingerprint density at radius 1 is 1.50 bits per heavy atom. The molecule has 22 heavy (non-hydrogen) atoms. The maximum Gasteiger partial charge on any atom is 0.244 e. The van der Waals surface area contributed by atoms with Crippen LogP contribution in [0.4, 0.5) is 0 Å². The van der Waals surface area contributed by atoms with Gasteiger partial charge in [0.05, 0.1) is 17.8 Å². The normalized spacial score (nSPS) is 30.0. The summed E-state index contributed by atoms with van der Waals surface area (Å²) in [6.07, 6.45) is 6.53. The smallest absolute Gasteiger partial charge is 0.244 e. The van der Waals surface area contributed by atoms with Crippen LogP contribution in [0.1, 0.15) is 38.2 Å². The van der Waals surface area contributed by atoms with E-state index in [1.165, 1.54) is 25.7 Å². The first-order chi connectivity index (χ1) is 10.6. The number of carbonyl (C=O) groups excluding carboxylic acids is 1. The van der Waals surface area contributed by atoms with Crippen molar-refractivity contribution in [1.82, 2.24) is 5.43 Å². The van der Waals surface area contributed by atoms with Crippen molar-refractivity contribution in [2.24, 2.45) is 22.4 Å². The predicted octanol–water partition coefficient (Wildman–Crippen LogP) is 3.73. The first kappa shape index (κ1) is 15.5. The van der Waals surface area contributed by atoms with Gasteiger partial charge >= 0.3 is 0 Å². The lowest BCUT2D eigenvalue weighted by molar-refractivity contribution is -0.123. The third-order valence-electron chi connectivity index (χ3n) is 5.18. The summed E-state index contributed by atoms with van der Waals surface area (Å²) >= 11 is 3.44. The second-order valence-electron chi connectivity index (χ2n) is 6.46. The highest BCUT2D eigenvalue weighted by Gasteiger charge is 2.64. The van der Waals surface area contributed by atoms with Gasteiger partial charge in [0.25, 0.3) is 0 Å². The summed E-state index contributed by atoms with van der Waals surface area (Å²) in [5.41, 5.74) is 3.84. The van der Waals surface area contributed by atoms with Crippen molar-refractivity contribution in [3.63, 3.8) is 0 Å². The van der Waals surface area contributed by atoms with Crippen molar-refractivity contribution in [2.75, 3.05) is 7.11 Å². The molecule has 2 fully saturated rings. The van der Waals surface area contributed by atoms with Crippen molar-refractivity contribution in [2.45, 2.75) is 32.6 Å². The van der Waals surface area contributed by atoms with Crippen molar-refractivity contribution in [3.05, 3.63) is 28.2 Å². The molecule has 3 atom stereocenters. The molecule has 0 unspecified atom stereocenters. The van der Waals surface area contributed by atoms with Crippen LogP contribution in [0.25, 0.3) is 0 Å². The lowest BCUT2D eigenvalue weighted by atomic mass is 9.90. The molecule has 2 aliphatic carbocycles. The van der Waals surface area contributed by atoms with E-state index in [9.17, 15) is 4.79 Å². The highest BCUT2D eigenvalue weighted by Crippen LogP contribution is 2.66. The third-order valence-corrected chi connectivity index (χ3v) is 5.80. The number of amides is 1. The second kappa shape index (κ2) is 6.03. The fourth-order valence-corrected chi connectivity index (χ4v) is 4.41. The Hall–Kier alpha value is -1.36. The van der Waals surface area contributed by atoms with Gasteiger partial charge in [-0.05, 0) is 63.9 Å². The van der Waals surface area contributed by atoms with Gasteiger partial charge < -0.3 is 4.74 Å². The fraction of sp³-hybridized carbons (Fsp3) is 0.529. The van der Waals surface area contributed by atoms with Crippen molar-refractivity contribution in [1.29, 1.82) is 0 Å². The molecule has 4 nitrogen and oxygen atoms in total. The quantitative estimate of drug-likeness (QED) is 0.653. The number of nitrogens with zero attached hydrogens (tertiary/aromatic N) is 1. The summed E-state index contributed by atoms with van der Waals surface area (Å²) in [4.78, 5) is 12.3. The molecule has 0 bridgehead atoms. The van der Waals surface area contributed by atoms with Crippen molar-refractivity contribution >= 4 is 28.1 Å². The van der Waals surface area contributed by atoms with E-state index in [1.54, 1.807) is 13.3 Å². The van der Waals surface area contributed by atoms with E-state index in [2.05, 4.69) is 33.4 Å². The molecule has 0 aromatic heterocycles. The number of halogens is 1. The van der Waals surface area contributed by atoms with Gasteiger partial charge in [-0.2, -0.15) is 5.10 Å². The highest BCUT2D eigenvalue weighted by atomic mass is 79.9. The topological polar surface area (TPSA) is 50.7 Å². The Bertz CT molecular complexity index is 617. The van der Waals surface area contributed by atoms with Crippen LogP contribution in [0.5, 0.6) is 5.75 Å². The average Bonchev–Trinajstić information content (AvgIpc) is 3.13. The number of hydrazone groups is 1. The predicted molar refractivity (Wildman–Crippen MR) is 90.0 cm³/mol. The van der Waals surface area contributed by atoms with Gasteiger partial charge in [0, 0.05) is 5.92 Å². The van der Waals surface area contributed by atoms with E-state index in [0.717, 1.165) is 15.8 Å². The van der Waals surface area contributed by atoms with E-state index in [0.29, 0.717) is 5.92 Å². The maximum absolute atomic E-state index is 12.3. The number of fused-ring (bicyclic) bond motifs is 1. The summed E-state index contributed by atoms with van der Waals surface area (Å²) in [6, 6.07) is 5.67. The third kappa shape index (κ3) is 2.78. The average molecular weight is 365 g/mol. The van der Waals surface area contributed by atoms with Crippen LogP contribution >= 0.6 is 15.9 Å². The molecule has 0 saturated heterocycles. The second-order valence-corrected chi connectivity index (χ2v) is 7.32. The minimum absolute atomic E-state index is 0.0678. The Labute approximate surface area is 139 Å². The molecule has 118 valence electrons. The van der Waals surface area contributed by atoms with E-state index < -0.39 is 0 Å². The van der Waals surface area contributed by atoms with Crippen LogP contribution in [-0.2, 0) is 4.79 Å². The lowest BCUT2D eigenvalue weighted by Gasteiger charge is -2.15. The van der Waals surface area contributed by atoms with Crippen LogP contribution in [0.3, 0.4) is 0 Å². The molecule has 0 aliphatic heterocycles. The summed E-state index contributed by atoms with van der Waals surface area (Å²) < 4.78 is 6.05. The van der Waals surface area contributed by atoms with Gasteiger partial charge in [-0.1, -0.05) is 19.8 Å². The number of methoxy groups -OCH3 is 1. The standard InChI is InChI=1S/C17H21BrN2O2/c1-17-8-4-3-5-12(17)15(17)16(21)20-19-10-11-6-7-14(22-2)13(18)9-11/h6-7,9-10,12,15H,3-5,8H2,1-2H3,(H,20,21)/b19-10-/t12-,15+,17-/m0/s1. The largest absolute Gasteiger partial charge is 0.496 e. The van der Waals surface area contributed by atoms with Gasteiger partial charge in [0.1, 0.15) is 5.75 Å². The van der Waals surface area contributed by atoms with Gasteiger partial charge in [-0.3, -0.25) is 4.79 Å². The highest BCUT2D eigenvalue weighted by molar-refractivity contribution is 9.10. The van der Waals surface area contributed by atoms with Gasteiger partial charge in [0.15, 0.2) is 0 Å². The zero-order valence-electron chi connectivity index (χ0n) is 12.9. The Kier molecular flexibility index (Phi) is 4.26. The van der Waals surface area contributed by atoms with Crippen LogP contribution < -0.4 is 10.2 Å². The van der Waals surface area contributed by atoms with Crippen molar-refractivity contribution < 1.29 is 9.53 Å². The van der Waals surface area contributed by atoms with Crippen LogP contribution in [0.15, 0.2) is 27.8 Å². The number of rotatable bonds is 4. The molecule has 1 aromatic carbocycles. The Balaban J connectivity index is 1.58. The first-order valence-corrected chi connectivity index (χ1v) is 8.52. The van der Waals surface area contributed by atoms with E-state index >= 15 is 0 Å². The minimum atomic E-state index is 0.0678. The minimum Gasteiger partial charge on any atom is -0.496 e. The molecule has 3 rings (SSSR count). The maximum atomic E-state index is 12.3. The molecule has 2 saturated carbocycles. The molecule has 0 spiro atoms. The van der Waals surface area contributed by atoms with Gasteiger partial charge in [0.2, 0.25) is 5.91 Å². The number of nitrogens with one attached hydrogen (secondary N) is 1. The Morgan fingerprint density at radius 2 is 2.32 bits per heavy atom. The summed E-state index contributed by atoms with van der Waals surface area (Å²) in [5.74, 6) is 1.55. The summed E-state index contributed by atoms with van der Waals surface area (Å²) in [7, 11) is 1.63. The van der Waals surface area contributed by atoms with Crippen LogP contribution in [0.2, 0.25) is 0 Å². The monoisotopic (exact) mass is 364 g/mol. The molecular formula is C17H21BrN2O2. The van der Waals surface area contributed by atoms with Crippen LogP contribution in [-0.4, -0.2) is 19.2 Å². The molecule has 0 radical (unpaired) electrons. The molecule has 1 amide bonds. The van der Waals surface area contributed by atoms with Gasteiger partial charge in [-0.15, -0.1) is 0 Å². The SMILES string of the molecule is COc1ccc(/C=N\NC(=O)[C@H]2[C@@H]3CCCC[C@@]32C)cc1Br. The number of ether oxygens (including phenoxy) is 1. The Morgan fingerprint density at radius 3 is 2.95 bits per heavy atom. The van der Waals surface area contributed by atoms with Gasteiger partial charge in [-0.25, -0.2) is 5.43 Å².